The summed E-state index contributed by atoms with van der Waals surface area (Å²) < 4.78 is 11.0. The molecule has 0 heterocycles. The van der Waals surface area contributed by atoms with Crippen LogP contribution in [0.1, 0.15) is 47.5 Å². The first-order valence-corrected chi connectivity index (χ1v) is 7.28. The Balaban J connectivity index is 3.04. The number of hydrogen-bond acceptors (Lipinski definition) is 3. The molecule has 0 bridgehead atoms. The van der Waals surface area contributed by atoms with Gasteiger partial charge in [0, 0.05) is 13.2 Å². The molecule has 1 N–H and O–H groups in total. The minimum Gasteiger partial charge on any atom is -0.379 e. The molecule has 0 spiro atoms. The van der Waals surface area contributed by atoms with Gasteiger partial charge in [0.25, 0.3) is 0 Å². The van der Waals surface area contributed by atoms with Crippen LogP contribution >= 0.6 is 0 Å². The molecular formula is C15H33NO2. The minimum absolute atomic E-state index is 0.419. The average Bonchev–Trinajstić information content (AvgIpc) is 2.24. The van der Waals surface area contributed by atoms with Gasteiger partial charge in [0.05, 0.1) is 19.8 Å². The van der Waals surface area contributed by atoms with Crippen LogP contribution in [-0.4, -0.2) is 39.5 Å². The standard InChI is InChI=1S/C15H33NO2/c1-14(2)13-16-8-10-18-12-11-17-9-6-7-15(3,4)5/h14,16H,6-13H2,1-5H3. The summed E-state index contributed by atoms with van der Waals surface area (Å²) >= 11 is 0. The van der Waals surface area contributed by atoms with Crippen molar-refractivity contribution in [3.8, 4) is 0 Å². The van der Waals surface area contributed by atoms with Gasteiger partial charge in [0.2, 0.25) is 0 Å². The predicted octanol–water partition coefficient (Wildman–Crippen LogP) is 3.09. The average molecular weight is 259 g/mol. The highest BCUT2D eigenvalue weighted by atomic mass is 16.5. The Bertz CT molecular complexity index is 176. The Kier molecular flexibility index (Phi) is 10.7. The van der Waals surface area contributed by atoms with Gasteiger partial charge in [-0.05, 0) is 30.7 Å². The normalized spacial score (nSPS) is 12.3. The van der Waals surface area contributed by atoms with Gasteiger partial charge in [-0.1, -0.05) is 34.6 Å². The van der Waals surface area contributed by atoms with Gasteiger partial charge < -0.3 is 14.8 Å². The summed E-state index contributed by atoms with van der Waals surface area (Å²) in [7, 11) is 0. The quantitative estimate of drug-likeness (QED) is 0.578. The topological polar surface area (TPSA) is 30.5 Å². The molecule has 18 heavy (non-hydrogen) atoms. The predicted molar refractivity (Wildman–Crippen MR) is 78.0 cm³/mol. The van der Waals surface area contributed by atoms with Crippen molar-refractivity contribution in [1.29, 1.82) is 0 Å². The molecule has 0 saturated carbocycles. The van der Waals surface area contributed by atoms with Crippen LogP contribution in [0.2, 0.25) is 0 Å². The maximum Gasteiger partial charge on any atom is 0.0701 e. The first-order chi connectivity index (χ1) is 8.42. The summed E-state index contributed by atoms with van der Waals surface area (Å²) in [6.07, 6.45) is 2.35. The molecule has 0 aromatic heterocycles. The number of ether oxygens (including phenoxy) is 2. The van der Waals surface area contributed by atoms with Crippen LogP contribution in [0.25, 0.3) is 0 Å². The SMILES string of the molecule is CC(C)CNCCOCCOCCCC(C)(C)C. The smallest absolute Gasteiger partial charge is 0.0701 e. The van der Waals surface area contributed by atoms with Crippen LogP contribution in [0.4, 0.5) is 0 Å². The molecule has 0 aliphatic carbocycles. The zero-order valence-corrected chi connectivity index (χ0v) is 13.1. The lowest BCUT2D eigenvalue weighted by Crippen LogP contribution is -2.24. The lowest BCUT2D eigenvalue weighted by molar-refractivity contribution is 0.0452. The number of hydrogen-bond donors (Lipinski definition) is 1. The second kappa shape index (κ2) is 10.8. The van der Waals surface area contributed by atoms with Crippen molar-refractivity contribution in [3.05, 3.63) is 0 Å². The van der Waals surface area contributed by atoms with E-state index in [4.69, 9.17) is 9.47 Å². The van der Waals surface area contributed by atoms with Gasteiger partial charge in [-0.2, -0.15) is 0 Å². The summed E-state index contributed by atoms with van der Waals surface area (Å²) in [5.74, 6) is 0.705. The van der Waals surface area contributed by atoms with Gasteiger partial charge >= 0.3 is 0 Å². The van der Waals surface area contributed by atoms with Gasteiger partial charge in [0.1, 0.15) is 0 Å². The fraction of sp³-hybridized carbons (Fsp3) is 1.00. The van der Waals surface area contributed by atoms with Crippen molar-refractivity contribution >= 4 is 0 Å². The summed E-state index contributed by atoms with van der Waals surface area (Å²) in [5, 5.41) is 3.35. The monoisotopic (exact) mass is 259 g/mol. The third-order valence-electron chi connectivity index (χ3n) is 2.56. The zero-order chi connectivity index (χ0) is 13.9. The van der Waals surface area contributed by atoms with Gasteiger partial charge in [-0.15, -0.1) is 0 Å². The summed E-state index contributed by atoms with van der Waals surface area (Å²) in [6.45, 7) is 16.3. The Hall–Kier alpha value is -0.120. The van der Waals surface area contributed by atoms with Crippen LogP contribution in [0.3, 0.4) is 0 Å². The Morgan fingerprint density at radius 1 is 0.944 bits per heavy atom. The highest BCUT2D eigenvalue weighted by molar-refractivity contribution is 4.60. The van der Waals surface area contributed by atoms with E-state index in [0.717, 1.165) is 32.7 Å². The molecule has 0 aromatic rings. The van der Waals surface area contributed by atoms with E-state index in [9.17, 15) is 0 Å². The van der Waals surface area contributed by atoms with E-state index in [2.05, 4.69) is 39.9 Å². The summed E-state index contributed by atoms with van der Waals surface area (Å²) in [4.78, 5) is 0. The van der Waals surface area contributed by atoms with E-state index in [-0.39, 0.29) is 0 Å². The highest BCUT2D eigenvalue weighted by Gasteiger charge is 2.08. The summed E-state index contributed by atoms with van der Waals surface area (Å²) in [6, 6.07) is 0. The van der Waals surface area contributed by atoms with Gasteiger partial charge in [-0.25, -0.2) is 0 Å². The fourth-order valence-electron chi connectivity index (χ4n) is 1.56. The molecule has 0 saturated heterocycles. The minimum atomic E-state index is 0.419. The van der Waals surface area contributed by atoms with Crippen LogP contribution in [-0.2, 0) is 9.47 Å². The van der Waals surface area contributed by atoms with Crippen LogP contribution < -0.4 is 5.32 Å². The maximum absolute atomic E-state index is 5.53. The van der Waals surface area contributed by atoms with Crippen molar-refractivity contribution in [2.75, 3.05) is 39.5 Å². The van der Waals surface area contributed by atoms with E-state index in [1.54, 1.807) is 0 Å². The van der Waals surface area contributed by atoms with E-state index in [0.29, 0.717) is 24.5 Å². The van der Waals surface area contributed by atoms with E-state index in [1.165, 1.54) is 6.42 Å². The molecule has 0 amide bonds. The molecule has 0 aromatic carbocycles. The van der Waals surface area contributed by atoms with Crippen molar-refractivity contribution in [1.82, 2.24) is 5.32 Å². The number of rotatable bonds is 11. The van der Waals surface area contributed by atoms with Gasteiger partial charge in [-0.3, -0.25) is 0 Å². The molecule has 0 rings (SSSR count). The third kappa shape index (κ3) is 15.9. The van der Waals surface area contributed by atoms with Crippen molar-refractivity contribution in [2.24, 2.45) is 11.3 Å². The lowest BCUT2D eigenvalue weighted by Gasteiger charge is -2.17. The maximum atomic E-state index is 5.53. The van der Waals surface area contributed by atoms with E-state index >= 15 is 0 Å². The molecule has 0 fully saturated rings. The second-order valence-corrected chi connectivity index (χ2v) is 6.49. The lowest BCUT2D eigenvalue weighted by atomic mass is 9.91. The third-order valence-corrected chi connectivity index (χ3v) is 2.56. The van der Waals surface area contributed by atoms with Crippen LogP contribution in [0.15, 0.2) is 0 Å². The molecular weight excluding hydrogens is 226 g/mol. The molecule has 3 heteroatoms. The molecule has 0 aliphatic rings. The van der Waals surface area contributed by atoms with Crippen molar-refractivity contribution in [3.63, 3.8) is 0 Å². The van der Waals surface area contributed by atoms with Crippen LogP contribution in [0.5, 0.6) is 0 Å². The Labute approximate surface area is 114 Å². The first kappa shape index (κ1) is 17.9. The summed E-state index contributed by atoms with van der Waals surface area (Å²) in [5.41, 5.74) is 0.419. The number of nitrogens with one attached hydrogen (secondary N) is 1. The molecule has 0 atom stereocenters. The van der Waals surface area contributed by atoms with Crippen molar-refractivity contribution < 1.29 is 9.47 Å². The molecule has 110 valence electrons. The zero-order valence-electron chi connectivity index (χ0n) is 13.1. The van der Waals surface area contributed by atoms with Crippen molar-refractivity contribution in [2.45, 2.75) is 47.5 Å². The van der Waals surface area contributed by atoms with E-state index < -0.39 is 0 Å². The van der Waals surface area contributed by atoms with Crippen LogP contribution in [0, 0.1) is 11.3 Å². The molecule has 0 aliphatic heterocycles. The highest BCUT2D eigenvalue weighted by Crippen LogP contribution is 2.20. The molecule has 0 radical (unpaired) electrons. The Morgan fingerprint density at radius 2 is 1.56 bits per heavy atom. The molecule has 0 unspecified atom stereocenters. The molecule has 3 nitrogen and oxygen atoms in total. The first-order valence-electron chi connectivity index (χ1n) is 7.28. The Morgan fingerprint density at radius 3 is 2.11 bits per heavy atom. The largest absolute Gasteiger partial charge is 0.379 e. The fourth-order valence-corrected chi connectivity index (χ4v) is 1.56. The van der Waals surface area contributed by atoms with Gasteiger partial charge in [0.15, 0.2) is 0 Å². The second-order valence-electron chi connectivity index (χ2n) is 6.49. The van der Waals surface area contributed by atoms with E-state index in [1.807, 2.05) is 0 Å².